The normalized spacial score (nSPS) is 14.5. The number of nitrogens with one attached hydrogen (secondary N) is 2. The molecule has 1 fully saturated rings. The molecule has 1 amide bonds. The number of carbonyl (C=O) groups excluding carboxylic acids is 1. The van der Waals surface area contributed by atoms with Gasteiger partial charge in [-0.15, -0.1) is 0 Å². The molecule has 2 aromatic heterocycles. The molecular formula is C17H20N4O3. The van der Waals surface area contributed by atoms with E-state index in [1.807, 2.05) is 12.1 Å². The number of anilines is 1. The van der Waals surface area contributed by atoms with Gasteiger partial charge in [0.15, 0.2) is 0 Å². The summed E-state index contributed by atoms with van der Waals surface area (Å²) in [7, 11) is 0. The Bertz CT molecular complexity index is 781. The Morgan fingerprint density at radius 3 is 2.88 bits per heavy atom. The highest BCUT2D eigenvalue weighted by Gasteiger charge is 2.17. The van der Waals surface area contributed by atoms with Gasteiger partial charge in [-0.2, -0.15) is 0 Å². The summed E-state index contributed by atoms with van der Waals surface area (Å²) >= 11 is 0. The van der Waals surface area contributed by atoms with Gasteiger partial charge >= 0.3 is 0 Å². The molecule has 0 aliphatic carbocycles. The molecule has 1 aliphatic rings. The van der Waals surface area contributed by atoms with Crippen molar-refractivity contribution in [3.8, 4) is 0 Å². The van der Waals surface area contributed by atoms with Crippen LogP contribution in [-0.2, 0) is 11.3 Å². The molecule has 7 nitrogen and oxygen atoms in total. The largest absolute Gasteiger partial charge is 0.378 e. The second kappa shape index (κ2) is 7.27. The van der Waals surface area contributed by atoms with Gasteiger partial charge in [0, 0.05) is 37.1 Å². The number of rotatable bonds is 4. The Labute approximate surface area is 139 Å². The van der Waals surface area contributed by atoms with E-state index in [0.717, 1.165) is 30.2 Å². The number of hydrogen-bond donors (Lipinski definition) is 2. The second-order valence-corrected chi connectivity index (χ2v) is 5.65. The lowest BCUT2D eigenvalue weighted by Gasteiger charge is -2.29. The summed E-state index contributed by atoms with van der Waals surface area (Å²) in [4.78, 5) is 33.3. The maximum absolute atomic E-state index is 12.3. The monoisotopic (exact) mass is 328 g/mol. The van der Waals surface area contributed by atoms with Gasteiger partial charge in [0.25, 0.3) is 11.5 Å². The zero-order chi connectivity index (χ0) is 16.9. The number of hydrogen-bond acceptors (Lipinski definition) is 5. The Morgan fingerprint density at radius 1 is 1.33 bits per heavy atom. The van der Waals surface area contributed by atoms with Crippen molar-refractivity contribution >= 4 is 11.7 Å². The number of ether oxygens (including phenoxy) is 1. The number of aromatic amines is 1. The second-order valence-electron chi connectivity index (χ2n) is 5.65. The van der Waals surface area contributed by atoms with Crippen LogP contribution >= 0.6 is 0 Å². The van der Waals surface area contributed by atoms with Crippen molar-refractivity contribution in [2.45, 2.75) is 13.5 Å². The van der Waals surface area contributed by atoms with Crippen molar-refractivity contribution in [3.63, 3.8) is 0 Å². The lowest BCUT2D eigenvalue weighted by molar-refractivity contribution is 0.0949. The number of H-pyrrole nitrogens is 1. The van der Waals surface area contributed by atoms with Crippen molar-refractivity contribution in [1.29, 1.82) is 0 Å². The van der Waals surface area contributed by atoms with Crippen molar-refractivity contribution < 1.29 is 9.53 Å². The highest BCUT2D eigenvalue weighted by Crippen LogP contribution is 2.18. The Hall–Kier alpha value is -2.67. The van der Waals surface area contributed by atoms with Gasteiger partial charge in [-0.25, -0.2) is 4.98 Å². The molecule has 0 atom stereocenters. The summed E-state index contributed by atoms with van der Waals surface area (Å²) in [5.74, 6) is 0.451. The smallest absolute Gasteiger partial charge is 0.260 e. The van der Waals surface area contributed by atoms with E-state index in [1.165, 1.54) is 6.07 Å². The number of amides is 1. The van der Waals surface area contributed by atoms with Crippen molar-refractivity contribution in [1.82, 2.24) is 15.3 Å². The van der Waals surface area contributed by atoms with Crippen LogP contribution in [0.2, 0.25) is 0 Å². The van der Waals surface area contributed by atoms with Crippen molar-refractivity contribution in [2.24, 2.45) is 0 Å². The highest BCUT2D eigenvalue weighted by molar-refractivity contribution is 5.93. The molecule has 1 aliphatic heterocycles. The number of pyridine rings is 2. The van der Waals surface area contributed by atoms with Gasteiger partial charge in [-0.3, -0.25) is 9.59 Å². The minimum atomic E-state index is -0.395. The minimum absolute atomic E-state index is 0.109. The topological polar surface area (TPSA) is 87.3 Å². The number of aryl methyl sites for hydroxylation is 1. The summed E-state index contributed by atoms with van der Waals surface area (Å²) in [6, 6.07) is 7.01. The van der Waals surface area contributed by atoms with Gasteiger partial charge in [0.1, 0.15) is 11.4 Å². The minimum Gasteiger partial charge on any atom is -0.378 e. The molecule has 0 radical (unpaired) electrons. The van der Waals surface area contributed by atoms with Crippen LogP contribution in [-0.4, -0.2) is 42.2 Å². The maximum atomic E-state index is 12.3. The van der Waals surface area contributed by atoms with Crippen LogP contribution in [0.4, 0.5) is 5.82 Å². The molecular weight excluding hydrogens is 308 g/mol. The molecule has 126 valence electrons. The molecule has 2 aromatic rings. The standard InChI is InChI=1S/C17H20N4O3/c1-12-4-5-14(17(23)20-12)16(22)19-11-13-3-2-6-18-15(13)21-7-9-24-10-8-21/h2-6H,7-11H2,1H3,(H,19,22)(H,20,23). The van der Waals surface area contributed by atoms with Gasteiger partial charge in [0.2, 0.25) is 0 Å². The summed E-state index contributed by atoms with van der Waals surface area (Å²) in [5.41, 5.74) is 1.36. The van der Waals surface area contributed by atoms with Gasteiger partial charge < -0.3 is 19.9 Å². The summed E-state index contributed by atoms with van der Waals surface area (Å²) in [6.07, 6.45) is 1.74. The SMILES string of the molecule is Cc1ccc(C(=O)NCc2cccnc2N2CCOCC2)c(=O)[nH]1. The third kappa shape index (κ3) is 3.62. The Kier molecular flexibility index (Phi) is 4.90. The molecule has 3 rings (SSSR count). The molecule has 24 heavy (non-hydrogen) atoms. The van der Waals surface area contributed by atoms with E-state index in [4.69, 9.17) is 4.74 Å². The maximum Gasteiger partial charge on any atom is 0.260 e. The average Bonchev–Trinajstić information content (AvgIpc) is 2.61. The van der Waals surface area contributed by atoms with E-state index in [1.54, 1.807) is 19.2 Å². The van der Waals surface area contributed by atoms with Crippen LogP contribution in [0.25, 0.3) is 0 Å². The highest BCUT2D eigenvalue weighted by atomic mass is 16.5. The first-order chi connectivity index (χ1) is 11.6. The third-order valence-electron chi connectivity index (χ3n) is 3.92. The number of aromatic nitrogens is 2. The molecule has 0 aromatic carbocycles. The van der Waals surface area contributed by atoms with Crippen molar-refractivity contribution in [3.05, 3.63) is 57.6 Å². The van der Waals surface area contributed by atoms with Gasteiger partial charge in [-0.1, -0.05) is 6.07 Å². The summed E-state index contributed by atoms with van der Waals surface area (Å²) < 4.78 is 5.36. The average molecular weight is 328 g/mol. The van der Waals surface area contributed by atoms with E-state index in [-0.39, 0.29) is 11.1 Å². The predicted octanol–water partition coefficient (Wildman–Crippen LogP) is 0.845. The number of nitrogens with zero attached hydrogens (tertiary/aromatic N) is 2. The third-order valence-corrected chi connectivity index (χ3v) is 3.92. The van der Waals surface area contributed by atoms with Crippen molar-refractivity contribution in [2.75, 3.05) is 31.2 Å². The lowest BCUT2D eigenvalue weighted by atomic mass is 10.2. The van der Waals surface area contributed by atoms with E-state index in [0.29, 0.717) is 19.8 Å². The first kappa shape index (κ1) is 16.2. The fourth-order valence-electron chi connectivity index (χ4n) is 2.65. The predicted molar refractivity (Wildman–Crippen MR) is 90.2 cm³/mol. The lowest BCUT2D eigenvalue weighted by Crippen LogP contribution is -2.38. The fraction of sp³-hybridized carbons (Fsp3) is 0.353. The Balaban J connectivity index is 1.72. The van der Waals surface area contributed by atoms with E-state index >= 15 is 0 Å². The zero-order valence-electron chi connectivity index (χ0n) is 13.5. The zero-order valence-corrected chi connectivity index (χ0v) is 13.5. The van der Waals surface area contributed by atoms with E-state index in [9.17, 15) is 9.59 Å². The molecule has 0 spiro atoms. The van der Waals surface area contributed by atoms with Gasteiger partial charge in [0.05, 0.1) is 13.2 Å². The summed E-state index contributed by atoms with van der Waals surface area (Å²) in [5, 5.41) is 2.80. The molecule has 2 N–H and O–H groups in total. The number of carbonyl (C=O) groups is 1. The molecule has 3 heterocycles. The van der Waals surface area contributed by atoms with Crippen LogP contribution in [0.3, 0.4) is 0 Å². The molecule has 1 saturated heterocycles. The molecule has 7 heteroatoms. The number of morpholine rings is 1. The van der Waals surface area contributed by atoms with E-state index in [2.05, 4.69) is 20.2 Å². The Morgan fingerprint density at radius 2 is 2.12 bits per heavy atom. The van der Waals surface area contributed by atoms with Gasteiger partial charge in [-0.05, 0) is 25.1 Å². The summed E-state index contributed by atoms with van der Waals surface area (Å²) in [6.45, 7) is 4.97. The quantitative estimate of drug-likeness (QED) is 0.869. The molecule has 0 bridgehead atoms. The first-order valence-corrected chi connectivity index (χ1v) is 7.90. The molecule has 0 unspecified atom stereocenters. The first-order valence-electron chi connectivity index (χ1n) is 7.90. The van der Waals surface area contributed by atoms with Crippen LogP contribution < -0.4 is 15.8 Å². The molecule has 0 saturated carbocycles. The van der Waals surface area contributed by atoms with Crippen LogP contribution in [0.15, 0.2) is 35.3 Å². The fourth-order valence-corrected chi connectivity index (χ4v) is 2.65. The van der Waals surface area contributed by atoms with E-state index < -0.39 is 5.91 Å². The van der Waals surface area contributed by atoms with Crippen LogP contribution in [0.5, 0.6) is 0 Å². The van der Waals surface area contributed by atoms with Crippen LogP contribution in [0.1, 0.15) is 21.6 Å². The van der Waals surface area contributed by atoms with Crippen LogP contribution in [0, 0.1) is 6.92 Å².